The number of nitrogens with zero attached hydrogens (tertiary/aromatic N) is 1. The Kier molecular flexibility index (Phi) is 5.45. The summed E-state index contributed by atoms with van der Waals surface area (Å²) >= 11 is 11.7. The average Bonchev–Trinajstić information content (AvgIpc) is 2.96. The van der Waals surface area contributed by atoms with Gasteiger partial charge in [-0.2, -0.15) is 0 Å². The van der Waals surface area contributed by atoms with Gasteiger partial charge in [0.25, 0.3) is 0 Å². The van der Waals surface area contributed by atoms with Crippen LogP contribution >= 0.6 is 23.2 Å². The molecular formula is C14H17Cl2N3O2. The monoisotopic (exact) mass is 329 g/mol. The molecule has 1 heterocycles. The molecule has 0 aliphatic carbocycles. The van der Waals surface area contributed by atoms with Crippen LogP contribution < -0.4 is 10.6 Å². The minimum absolute atomic E-state index is 0.00950. The van der Waals surface area contributed by atoms with Crippen molar-refractivity contribution in [1.82, 2.24) is 10.2 Å². The quantitative estimate of drug-likeness (QED) is 0.888. The van der Waals surface area contributed by atoms with Gasteiger partial charge in [0.2, 0.25) is 11.8 Å². The third kappa shape index (κ3) is 4.33. The number of hydrogen-bond donors (Lipinski definition) is 2. The van der Waals surface area contributed by atoms with E-state index in [9.17, 15) is 9.59 Å². The first-order valence-corrected chi connectivity index (χ1v) is 7.43. The molecule has 0 aromatic heterocycles. The van der Waals surface area contributed by atoms with Crippen LogP contribution in [0.15, 0.2) is 18.2 Å². The highest BCUT2D eigenvalue weighted by molar-refractivity contribution is 6.42. The molecule has 0 bridgehead atoms. The first-order valence-electron chi connectivity index (χ1n) is 6.68. The Hall–Kier alpha value is -1.30. The Morgan fingerprint density at radius 1 is 1.38 bits per heavy atom. The lowest BCUT2D eigenvalue weighted by atomic mass is 10.1. The van der Waals surface area contributed by atoms with Crippen molar-refractivity contribution in [3.63, 3.8) is 0 Å². The number of anilines is 1. The minimum atomic E-state index is -0.268. The molecular weight excluding hydrogens is 313 g/mol. The number of carbonyl (C=O) groups excluding carboxylic acids is 2. The standard InChI is InChI=1S/C14H17Cl2N3O2/c1-19(14(21)9-4-5-17-7-9)8-13(20)18-10-2-3-11(15)12(16)6-10/h2-3,6,9,17H,4-5,7-8H2,1H3,(H,18,20). The molecule has 21 heavy (non-hydrogen) atoms. The molecule has 1 aliphatic rings. The van der Waals surface area contributed by atoms with Crippen LogP contribution in [-0.2, 0) is 9.59 Å². The molecule has 5 nitrogen and oxygen atoms in total. The molecule has 7 heteroatoms. The highest BCUT2D eigenvalue weighted by Gasteiger charge is 2.26. The summed E-state index contributed by atoms with van der Waals surface area (Å²) in [5, 5.41) is 6.63. The summed E-state index contributed by atoms with van der Waals surface area (Å²) in [5.41, 5.74) is 0.554. The Labute approximate surface area is 133 Å². The van der Waals surface area contributed by atoms with Crippen LogP contribution in [0.1, 0.15) is 6.42 Å². The summed E-state index contributed by atoms with van der Waals surface area (Å²) in [5.74, 6) is -0.313. The number of benzene rings is 1. The number of nitrogens with one attached hydrogen (secondary N) is 2. The van der Waals surface area contributed by atoms with Gasteiger partial charge < -0.3 is 15.5 Å². The fraction of sp³-hybridized carbons (Fsp3) is 0.429. The SMILES string of the molecule is CN(CC(=O)Nc1ccc(Cl)c(Cl)c1)C(=O)C1CCNC1. The van der Waals surface area contributed by atoms with Crippen LogP contribution in [0, 0.1) is 5.92 Å². The maximum absolute atomic E-state index is 12.1. The second-order valence-electron chi connectivity index (χ2n) is 5.06. The van der Waals surface area contributed by atoms with E-state index in [0.717, 1.165) is 13.0 Å². The van der Waals surface area contributed by atoms with E-state index in [4.69, 9.17) is 23.2 Å². The maximum atomic E-state index is 12.1. The zero-order valence-electron chi connectivity index (χ0n) is 11.7. The fourth-order valence-corrected chi connectivity index (χ4v) is 2.54. The Morgan fingerprint density at radius 3 is 2.76 bits per heavy atom. The molecule has 2 N–H and O–H groups in total. The predicted octanol–water partition coefficient (Wildman–Crippen LogP) is 2.00. The van der Waals surface area contributed by atoms with E-state index in [0.29, 0.717) is 22.3 Å². The Morgan fingerprint density at radius 2 is 2.14 bits per heavy atom. The van der Waals surface area contributed by atoms with Crippen molar-refractivity contribution in [3.05, 3.63) is 28.2 Å². The second kappa shape index (κ2) is 7.11. The van der Waals surface area contributed by atoms with Gasteiger partial charge in [-0.3, -0.25) is 9.59 Å². The number of halogens is 2. The molecule has 1 aromatic carbocycles. The van der Waals surface area contributed by atoms with Crippen LogP contribution in [0.25, 0.3) is 0 Å². The van der Waals surface area contributed by atoms with Crippen LogP contribution in [0.2, 0.25) is 10.0 Å². The Balaban J connectivity index is 1.88. The molecule has 1 aliphatic heterocycles. The number of rotatable bonds is 4. The van der Waals surface area contributed by atoms with Crippen molar-refractivity contribution in [2.75, 3.05) is 32.0 Å². The number of carbonyl (C=O) groups is 2. The van der Waals surface area contributed by atoms with E-state index < -0.39 is 0 Å². The van der Waals surface area contributed by atoms with Crippen molar-refractivity contribution in [1.29, 1.82) is 0 Å². The molecule has 2 amide bonds. The van der Waals surface area contributed by atoms with Crippen LogP contribution in [0.5, 0.6) is 0 Å². The number of hydrogen-bond acceptors (Lipinski definition) is 3. The Bertz CT molecular complexity index is 545. The van der Waals surface area contributed by atoms with E-state index in [1.54, 1.807) is 25.2 Å². The lowest BCUT2D eigenvalue weighted by Crippen LogP contribution is -2.39. The molecule has 0 radical (unpaired) electrons. The van der Waals surface area contributed by atoms with Gasteiger partial charge in [0.1, 0.15) is 0 Å². The third-order valence-electron chi connectivity index (χ3n) is 3.37. The largest absolute Gasteiger partial charge is 0.336 e. The topological polar surface area (TPSA) is 61.4 Å². The van der Waals surface area contributed by atoms with E-state index in [1.807, 2.05) is 0 Å². The molecule has 1 aromatic rings. The fourth-order valence-electron chi connectivity index (χ4n) is 2.24. The first-order chi connectivity index (χ1) is 9.97. The summed E-state index contributed by atoms with van der Waals surface area (Å²) in [6.45, 7) is 1.53. The summed E-state index contributed by atoms with van der Waals surface area (Å²) in [6.07, 6.45) is 0.817. The van der Waals surface area contributed by atoms with E-state index in [-0.39, 0.29) is 24.3 Å². The molecule has 1 saturated heterocycles. The minimum Gasteiger partial charge on any atom is -0.336 e. The van der Waals surface area contributed by atoms with Gasteiger partial charge >= 0.3 is 0 Å². The van der Waals surface area contributed by atoms with E-state index in [1.165, 1.54) is 4.90 Å². The van der Waals surface area contributed by atoms with Gasteiger partial charge in [-0.25, -0.2) is 0 Å². The average molecular weight is 330 g/mol. The van der Waals surface area contributed by atoms with Crippen molar-refractivity contribution < 1.29 is 9.59 Å². The van der Waals surface area contributed by atoms with Crippen LogP contribution in [-0.4, -0.2) is 43.4 Å². The highest BCUT2D eigenvalue weighted by atomic mass is 35.5. The molecule has 2 rings (SSSR count). The van der Waals surface area contributed by atoms with Crippen LogP contribution in [0.4, 0.5) is 5.69 Å². The normalized spacial score (nSPS) is 17.6. The third-order valence-corrected chi connectivity index (χ3v) is 4.11. The number of likely N-dealkylation sites (N-methyl/N-ethyl adjacent to an activating group) is 1. The van der Waals surface area contributed by atoms with Crippen molar-refractivity contribution >= 4 is 40.7 Å². The summed E-state index contributed by atoms with van der Waals surface area (Å²) in [4.78, 5) is 25.5. The van der Waals surface area contributed by atoms with Gasteiger partial charge in [0.05, 0.1) is 22.5 Å². The lowest BCUT2D eigenvalue weighted by Gasteiger charge is -2.20. The summed E-state index contributed by atoms with van der Waals surface area (Å²) in [6, 6.07) is 4.85. The van der Waals surface area contributed by atoms with Gasteiger partial charge in [-0.05, 0) is 31.2 Å². The van der Waals surface area contributed by atoms with Crippen molar-refractivity contribution in [2.24, 2.45) is 5.92 Å². The van der Waals surface area contributed by atoms with Crippen molar-refractivity contribution in [3.8, 4) is 0 Å². The maximum Gasteiger partial charge on any atom is 0.243 e. The zero-order valence-corrected chi connectivity index (χ0v) is 13.2. The van der Waals surface area contributed by atoms with Gasteiger partial charge in [-0.1, -0.05) is 23.2 Å². The number of amides is 2. The van der Waals surface area contributed by atoms with E-state index in [2.05, 4.69) is 10.6 Å². The predicted molar refractivity (Wildman–Crippen MR) is 83.7 cm³/mol. The molecule has 1 atom stereocenters. The van der Waals surface area contributed by atoms with Gasteiger partial charge in [-0.15, -0.1) is 0 Å². The molecule has 0 saturated carbocycles. The van der Waals surface area contributed by atoms with Gasteiger partial charge in [0.15, 0.2) is 0 Å². The second-order valence-corrected chi connectivity index (χ2v) is 5.88. The summed E-state index contributed by atoms with van der Waals surface area (Å²) < 4.78 is 0. The summed E-state index contributed by atoms with van der Waals surface area (Å²) in [7, 11) is 1.63. The van der Waals surface area contributed by atoms with Crippen molar-refractivity contribution in [2.45, 2.75) is 6.42 Å². The lowest BCUT2D eigenvalue weighted by molar-refractivity contribution is -0.136. The molecule has 1 unspecified atom stereocenters. The molecule has 1 fully saturated rings. The molecule has 0 spiro atoms. The first kappa shape index (κ1) is 16.1. The smallest absolute Gasteiger partial charge is 0.243 e. The van der Waals surface area contributed by atoms with E-state index >= 15 is 0 Å². The zero-order chi connectivity index (χ0) is 15.4. The van der Waals surface area contributed by atoms with Crippen LogP contribution in [0.3, 0.4) is 0 Å². The van der Waals surface area contributed by atoms with Gasteiger partial charge in [0, 0.05) is 19.3 Å². The molecule has 114 valence electrons. The highest BCUT2D eigenvalue weighted by Crippen LogP contribution is 2.24.